The first-order valence-electron chi connectivity index (χ1n) is 11.4. The van der Waals surface area contributed by atoms with Gasteiger partial charge in [-0.15, -0.1) is 0 Å². The van der Waals surface area contributed by atoms with Gasteiger partial charge in [-0.3, -0.25) is 0 Å². The quantitative estimate of drug-likeness (QED) is 0.311. The summed E-state index contributed by atoms with van der Waals surface area (Å²) in [6, 6.07) is 16.4. The summed E-state index contributed by atoms with van der Waals surface area (Å²) in [5, 5.41) is 5.53. The van der Waals surface area contributed by atoms with Crippen molar-refractivity contribution in [1.82, 2.24) is 29.3 Å². The smallest absolute Gasteiger partial charge is 0.162 e. The number of hydrogen-bond acceptors (Lipinski definition) is 4. The van der Waals surface area contributed by atoms with Gasteiger partial charge in [0.2, 0.25) is 0 Å². The van der Waals surface area contributed by atoms with Crippen molar-refractivity contribution in [2.24, 2.45) is 7.05 Å². The summed E-state index contributed by atoms with van der Waals surface area (Å²) in [6.45, 7) is 5.89. The summed E-state index contributed by atoms with van der Waals surface area (Å²) in [5.41, 5.74) is 5.55. The van der Waals surface area contributed by atoms with Crippen LogP contribution in [0.5, 0.6) is 0 Å². The van der Waals surface area contributed by atoms with Crippen LogP contribution in [0.3, 0.4) is 0 Å². The van der Waals surface area contributed by atoms with Crippen molar-refractivity contribution in [1.29, 1.82) is 0 Å². The zero-order chi connectivity index (χ0) is 23.8. The lowest BCUT2D eigenvalue weighted by Gasteiger charge is -2.15. The van der Waals surface area contributed by atoms with E-state index in [2.05, 4.69) is 66.2 Å². The molecule has 0 saturated heterocycles. The average Bonchev–Trinajstić information content (AvgIpc) is 3.46. The number of benzene rings is 2. The van der Waals surface area contributed by atoms with Crippen molar-refractivity contribution in [3.63, 3.8) is 0 Å². The minimum Gasteiger partial charge on any atom is -0.334 e. The van der Waals surface area contributed by atoms with Gasteiger partial charge in [-0.25, -0.2) is 24.0 Å². The normalized spacial score (nSPS) is 12.5. The monoisotopic (exact) mass is 454 g/mol. The van der Waals surface area contributed by atoms with Crippen LogP contribution in [0.4, 0.5) is 4.39 Å². The molecule has 0 aliphatic carbocycles. The highest BCUT2D eigenvalue weighted by atomic mass is 19.1. The zero-order valence-electron chi connectivity index (χ0n) is 19.8. The summed E-state index contributed by atoms with van der Waals surface area (Å²) >= 11 is 0. The molecule has 0 amide bonds. The van der Waals surface area contributed by atoms with Crippen LogP contribution in [-0.4, -0.2) is 29.3 Å². The Balaban J connectivity index is 1.50. The van der Waals surface area contributed by atoms with Crippen LogP contribution in [0, 0.1) is 0 Å². The van der Waals surface area contributed by atoms with Gasteiger partial charge in [-0.05, 0) is 24.0 Å². The fourth-order valence-electron chi connectivity index (χ4n) is 4.37. The van der Waals surface area contributed by atoms with Gasteiger partial charge in [-0.2, -0.15) is 5.10 Å². The summed E-state index contributed by atoms with van der Waals surface area (Å²) in [7, 11) is 1.88. The van der Waals surface area contributed by atoms with Gasteiger partial charge in [0, 0.05) is 30.6 Å². The molecule has 0 saturated carbocycles. The lowest BCUT2D eigenvalue weighted by atomic mass is 9.97. The third kappa shape index (κ3) is 3.87. The molecule has 34 heavy (non-hydrogen) atoms. The number of rotatable bonds is 6. The first-order valence-corrected chi connectivity index (χ1v) is 11.4. The van der Waals surface area contributed by atoms with Crippen LogP contribution in [0.15, 0.2) is 67.1 Å². The van der Waals surface area contributed by atoms with E-state index in [1.807, 2.05) is 46.9 Å². The van der Waals surface area contributed by atoms with Gasteiger partial charge < -0.3 is 4.57 Å². The molecular formula is C27H27FN6. The number of aromatic nitrogens is 6. The minimum absolute atomic E-state index is 0.0302. The highest BCUT2D eigenvalue weighted by Gasteiger charge is 2.17. The molecule has 0 bridgehead atoms. The molecule has 1 atom stereocenters. The van der Waals surface area contributed by atoms with Gasteiger partial charge in [0.1, 0.15) is 12.5 Å². The maximum atomic E-state index is 13.0. The molecule has 7 heteroatoms. The zero-order valence-corrected chi connectivity index (χ0v) is 19.8. The molecule has 0 aliphatic heterocycles. The summed E-state index contributed by atoms with van der Waals surface area (Å²) in [6.07, 6.45) is 5.37. The van der Waals surface area contributed by atoms with Crippen LogP contribution in [0.2, 0.25) is 0 Å². The maximum absolute atomic E-state index is 13.0. The number of hydrogen-bond donors (Lipinski definition) is 0. The molecule has 2 aromatic carbocycles. The van der Waals surface area contributed by atoms with E-state index in [0.717, 1.165) is 33.5 Å². The predicted octanol–water partition coefficient (Wildman–Crippen LogP) is 6.10. The first-order chi connectivity index (χ1) is 16.5. The average molecular weight is 455 g/mol. The summed E-state index contributed by atoms with van der Waals surface area (Å²) in [5.74, 6) is 1.83. The van der Waals surface area contributed by atoms with Crippen LogP contribution in [-0.2, 0) is 13.7 Å². The Morgan fingerprint density at radius 3 is 2.41 bits per heavy atom. The van der Waals surface area contributed by atoms with E-state index >= 15 is 0 Å². The third-order valence-electron chi connectivity index (χ3n) is 6.24. The van der Waals surface area contributed by atoms with Crippen molar-refractivity contribution in [2.75, 3.05) is 0 Å². The van der Waals surface area contributed by atoms with E-state index in [1.54, 1.807) is 6.20 Å². The molecule has 0 spiro atoms. The Hall–Kier alpha value is -3.87. The van der Waals surface area contributed by atoms with E-state index in [9.17, 15) is 4.39 Å². The molecule has 0 N–H and O–H groups in total. The van der Waals surface area contributed by atoms with E-state index in [1.165, 1.54) is 5.56 Å². The largest absolute Gasteiger partial charge is 0.334 e. The molecule has 0 fully saturated rings. The Morgan fingerprint density at radius 2 is 1.71 bits per heavy atom. The fourth-order valence-corrected chi connectivity index (χ4v) is 4.37. The van der Waals surface area contributed by atoms with E-state index in [4.69, 9.17) is 4.98 Å². The van der Waals surface area contributed by atoms with E-state index < -0.39 is 6.67 Å². The van der Waals surface area contributed by atoms with Gasteiger partial charge in [-0.1, -0.05) is 62.4 Å². The lowest BCUT2D eigenvalue weighted by Crippen LogP contribution is -2.09. The first kappa shape index (κ1) is 21.9. The molecular weight excluding hydrogens is 427 g/mol. The summed E-state index contributed by atoms with van der Waals surface area (Å²) in [4.78, 5) is 13.9. The Morgan fingerprint density at radius 1 is 0.941 bits per heavy atom. The van der Waals surface area contributed by atoms with E-state index in [-0.39, 0.29) is 6.04 Å². The Kier molecular flexibility index (Phi) is 5.69. The molecule has 0 radical (unpaired) electrons. The highest BCUT2D eigenvalue weighted by molar-refractivity contribution is 5.76. The van der Waals surface area contributed by atoms with Gasteiger partial charge in [0.05, 0.1) is 23.3 Å². The van der Waals surface area contributed by atoms with Crippen LogP contribution >= 0.6 is 0 Å². The van der Waals surface area contributed by atoms with Crippen LogP contribution in [0.25, 0.3) is 33.8 Å². The predicted molar refractivity (Wildman–Crippen MR) is 132 cm³/mol. The molecule has 6 nitrogen and oxygen atoms in total. The molecule has 3 heterocycles. The SMILES string of the molecule is CC(C)c1ccccc1-c1ncc2cnn(C(C)c3ccc(-c4nc(CF)cn4C)cc3)c2n1. The highest BCUT2D eigenvalue weighted by Crippen LogP contribution is 2.29. The van der Waals surface area contributed by atoms with Gasteiger partial charge in [0.25, 0.3) is 0 Å². The molecule has 3 aromatic heterocycles. The number of fused-ring (bicyclic) bond motifs is 1. The molecule has 172 valence electrons. The topological polar surface area (TPSA) is 61.4 Å². The second-order valence-electron chi connectivity index (χ2n) is 8.90. The molecule has 5 aromatic rings. The summed E-state index contributed by atoms with van der Waals surface area (Å²) < 4.78 is 16.8. The van der Waals surface area contributed by atoms with Crippen molar-refractivity contribution in [3.8, 4) is 22.8 Å². The number of alkyl halides is 1. The number of imidazole rings is 1. The second-order valence-corrected chi connectivity index (χ2v) is 8.90. The van der Waals surface area contributed by atoms with Crippen molar-refractivity contribution >= 4 is 11.0 Å². The standard InChI is InChI=1S/C27H27FN6/c1-17(2)23-7-5-6-8-24(23)25-29-14-21-15-30-34(27(21)32-25)18(3)19-9-11-20(12-10-19)26-31-22(13-28)16-33(26)4/h5-12,14-18H,13H2,1-4H3. The minimum atomic E-state index is -0.569. The molecule has 1 unspecified atom stereocenters. The van der Waals surface area contributed by atoms with Crippen LogP contribution < -0.4 is 0 Å². The van der Waals surface area contributed by atoms with Crippen LogP contribution in [0.1, 0.15) is 49.6 Å². The van der Waals surface area contributed by atoms with Gasteiger partial charge >= 0.3 is 0 Å². The molecule has 5 rings (SSSR count). The number of aryl methyl sites for hydroxylation is 1. The number of halogens is 1. The maximum Gasteiger partial charge on any atom is 0.162 e. The third-order valence-corrected chi connectivity index (χ3v) is 6.24. The second kappa shape index (κ2) is 8.82. The Bertz CT molecular complexity index is 1450. The molecule has 0 aliphatic rings. The lowest BCUT2D eigenvalue weighted by molar-refractivity contribution is 0.477. The van der Waals surface area contributed by atoms with Crippen molar-refractivity contribution in [3.05, 3.63) is 83.9 Å². The Labute approximate surface area is 198 Å². The van der Waals surface area contributed by atoms with Crippen molar-refractivity contribution < 1.29 is 4.39 Å². The fraction of sp³-hybridized carbons (Fsp3) is 0.259. The van der Waals surface area contributed by atoms with Crippen molar-refractivity contribution in [2.45, 2.75) is 39.4 Å². The number of nitrogens with zero attached hydrogens (tertiary/aromatic N) is 6. The van der Waals surface area contributed by atoms with Gasteiger partial charge in [0.15, 0.2) is 11.5 Å². The van der Waals surface area contributed by atoms with E-state index in [0.29, 0.717) is 17.4 Å².